The van der Waals surface area contributed by atoms with Gasteiger partial charge in [0, 0.05) is 38.6 Å². The maximum Gasteiger partial charge on any atom is 0.272 e. The van der Waals surface area contributed by atoms with E-state index >= 15 is 0 Å². The summed E-state index contributed by atoms with van der Waals surface area (Å²) in [6, 6.07) is 3.35. The quantitative estimate of drug-likeness (QED) is 0.814. The maximum atomic E-state index is 11.8. The van der Waals surface area contributed by atoms with Crippen LogP contribution < -0.4 is 11.1 Å². The number of pyridine rings is 1. The molecule has 0 aliphatic heterocycles. The minimum Gasteiger partial charge on any atom is -0.397 e. The van der Waals surface area contributed by atoms with Gasteiger partial charge in [-0.3, -0.25) is 4.79 Å². The molecule has 0 radical (unpaired) electrons. The van der Waals surface area contributed by atoms with Crippen LogP contribution in [-0.2, 0) is 13.5 Å². The Labute approximate surface area is 105 Å². The first kappa shape index (κ1) is 12.1. The monoisotopic (exact) mass is 245 g/mol. The highest BCUT2D eigenvalue weighted by atomic mass is 16.1. The van der Waals surface area contributed by atoms with Gasteiger partial charge in [-0.15, -0.1) is 0 Å². The number of imidazole rings is 1. The molecule has 3 N–H and O–H groups in total. The molecule has 0 aliphatic carbocycles. The summed E-state index contributed by atoms with van der Waals surface area (Å²) in [7, 11) is 1.92. The molecule has 0 unspecified atom stereocenters. The summed E-state index contributed by atoms with van der Waals surface area (Å²) in [6.45, 7) is 0.500. The predicted octanol–water partition coefficient (Wildman–Crippen LogP) is 0.370. The lowest BCUT2D eigenvalue weighted by Crippen LogP contribution is -2.27. The summed E-state index contributed by atoms with van der Waals surface area (Å²) in [5.41, 5.74) is 6.32. The van der Waals surface area contributed by atoms with E-state index in [9.17, 15) is 4.79 Å². The SMILES string of the molecule is Cn1ccnc1CCNC(=O)c1ncccc1N. The Bertz CT molecular complexity index is 549. The molecule has 94 valence electrons. The lowest BCUT2D eigenvalue weighted by molar-refractivity contribution is 0.0950. The zero-order valence-corrected chi connectivity index (χ0v) is 10.1. The maximum absolute atomic E-state index is 11.8. The number of nitrogens with zero attached hydrogens (tertiary/aromatic N) is 3. The zero-order chi connectivity index (χ0) is 13.0. The third kappa shape index (κ3) is 2.65. The fourth-order valence-electron chi connectivity index (χ4n) is 1.62. The van der Waals surface area contributed by atoms with Crippen LogP contribution in [0.3, 0.4) is 0 Å². The van der Waals surface area contributed by atoms with E-state index in [1.54, 1.807) is 24.5 Å². The molecule has 2 rings (SSSR count). The van der Waals surface area contributed by atoms with Crippen LogP contribution in [0.2, 0.25) is 0 Å². The molecule has 0 aliphatic rings. The van der Waals surface area contributed by atoms with Gasteiger partial charge in [0.2, 0.25) is 0 Å². The van der Waals surface area contributed by atoms with Gasteiger partial charge >= 0.3 is 0 Å². The van der Waals surface area contributed by atoms with E-state index in [1.165, 1.54) is 0 Å². The van der Waals surface area contributed by atoms with Crippen LogP contribution in [0.25, 0.3) is 0 Å². The normalized spacial score (nSPS) is 10.3. The van der Waals surface area contributed by atoms with Gasteiger partial charge in [0.15, 0.2) is 5.69 Å². The minimum absolute atomic E-state index is 0.261. The first-order valence-electron chi connectivity index (χ1n) is 5.63. The first-order valence-corrected chi connectivity index (χ1v) is 5.63. The van der Waals surface area contributed by atoms with Crippen molar-refractivity contribution in [1.29, 1.82) is 0 Å². The molecule has 2 aromatic rings. The van der Waals surface area contributed by atoms with Gasteiger partial charge in [-0.1, -0.05) is 0 Å². The van der Waals surface area contributed by atoms with Crippen molar-refractivity contribution in [3.8, 4) is 0 Å². The topological polar surface area (TPSA) is 85.8 Å². The van der Waals surface area contributed by atoms with Crippen LogP contribution in [0.4, 0.5) is 5.69 Å². The second-order valence-electron chi connectivity index (χ2n) is 3.90. The summed E-state index contributed by atoms with van der Waals surface area (Å²) in [5, 5.41) is 2.77. The average Bonchev–Trinajstić information content (AvgIpc) is 2.75. The Hall–Kier alpha value is -2.37. The van der Waals surface area contributed by atoms with E-state index in [0.717, 1.165) is 5.82 Å². The van der Waals surface area contributed by atoms with Gasteiger partial charge in [0.05, 0.1) is 5.69 Å². The third-order valence-electron chi connectivity index (χ3n) is 2.61. The molecule has 0 atom stereocenters. The van der Waals surface area contributed by atoms with Crippen molar-refractivity contribution in [3.05, 3.63) is 42.2 Å². The fourth-order valence-corrected chi connectivity index (χ4v) is 1.62. The number of hydrogen-bond donors (Lipinski definition) is 2. The van der Waals surface area contributed by atoms with Crippen molar-refractivity contribution in [2.45, 2.75) is 6.42 Å². The Morgan fingerprint density at radius 1 is 1.44 bits per heavy atom. The van der Waals surface area contributed by atoms with E-state index in [4.69, 9.17) is 5.73 Å². The molecule has 6 nitrogen and oxygen atoms in total. The van der Waals surface area contributed by atoms with Gasteiger partial charge in [0.1, 0.15) is 5.82 Å². The number of rotatable bonds is 4. The number of anilines is 1. The van der Waals surface area contributed by atoms with E-state index in [2.05, 4.69) is 15.3 Å². The van der Waals surface area contributed by atoms with Gasteiger partial charge in [-0.25, -0.2) is 9.97 Å². The smallest absolute Gasteiger partial charge is 0.272 e. The predicted molar refractivity (Wildman–Crippen MR) is 67.9 cm³/mol. The van der Waals surface area contributed by atoms with Crippen molar-refractivity contribution < 1.29 is 4.79 Å². The van der Waals surface area contributed by atoms with Crippen LogP contribution in [0.5, 0.6) is 0 Å². The van der Waals surface area contributed by atoms with Gasteiger partial charge in [-0.05, 0) is 12.1 Å². The highest BCUT2D eigenvalue weighted by Gasteiger charge is 2.10. The number of nitrogen functional groups attached to an aromatic ring is 1. The molecular formula is C12H15N5O. The zero-order valence-electron chi connectivity index (χ0n) is 10.1. The minimum atomic E-state index is -0.262. The molecule has 0 aromatic carbocycles. The van der Waals surface area contributed by atoms with Crippen LogP contribution in [0.1, 0.15) is 16.3 Å². The number of carbonyl (C=O) groups is 1. The van der Waals surface area contributed by atoms with E-state index < -0.39 is 0 Å². The lowest BCUT2D eigenvalue weighted by Gasteiger charge is -2.06. The van der Waals surface area contributed by atoms with E-state index in [1.807, 2.05) is 17.8 Å². The van der Waals surface area contributed by atoms with Crippen molar-refractivity contribution in [2.24, 2.45) is 7.05 Å². The van der Waals surface area contributed by atoms with Gasteiger partial charge in [0.25, 0.3) is 5.91 Å². The number of aromatic nitrogens is 3. The average molecular weight is 245 g/mol. The highest BCUT2D eigenvalue weighted by molar-refractivity contribution is 5.96. The Morgan fingerprint density at radius 2 is 2.28 bits per heavy atom. The molecular weight excluding hydrogens is 230 g/mol. The number of nitrogens with one attached hydrogen (secondary N) is 1. The largest absolute Gasteiger partial charge is 0.397 e. The summed E-state index contributed by atoms with van der Waals surface area (Å²) < 4.78 is 1.92. The third-order valence-corrected chi connectivity index (χ3v) is 2.61. The number of aryl methyl sites for hydroxylation is 1. The molecule has 1 amide bonds. The number of carbonyl (C=O) groups excluding carboxylic acids is 1. The lowest BCUT2D eigenvalue weighted by atomic mass is 10.3. The van der Waals surface area contributed by atoms with Gasteiger partial charge < -0.3 is 15.6 Å². The molecule has 2 heterocycles. The number of hydrogen-bond acceptors (Lipinski definition) is 4. The van der Waals surface area contributed by atoms with E-state index in [0.29, 0.717) is 18.7 Å². The summed E-state index contributed by atoms with van der Waals surface area (Å²) in [4.78, 5) is 19.9. The number of nitrogens with two attached hydrogens (primary N) is 1. The molecule has 0 bridgehead atoms. The first-order chi connectivity index (χ1) is 8.68. The molecule has 6 heteroatoms. The molecule has 0 fully saturated rings. The standard InChI is InChI=1S/C12H15N5O/c1-17-8-7-14-10(17)4-6-16-12(18)11-9(13)3-2-5-15-11/h2-3,5,7-8H,4,6,13H2,1H3,(H,16,18). The molecule has 0 spiro atoms. The highest BCUT2D eigenvalue weighted by Crippen LogP contribution is 2.06. The van der Waals surface area contributed by atoms with E-state index in [-0.39, 0.29) is 11.6 Å². The van der Waals surface area contributed by atoms with Crippen molar-refractivity contribution in [2.75, 3.05) is 12.3 Å². The van der Waals surface area contributed by atoms with Crippen LogP contribution in [0, 0.1) is 0 Å². The number of amides is 1. The second kappa shape index (κ2) is 5.31. The van der Waals surface area contributed by atoms with Crippen LogP contribution in [-0.4, -0.2) is 27.0 Å². The van der Waals surface area contributed by atoms with Gasteiger partial charge in [-0.2, -0.15) is 0 Å². The second-order valence-corrected chi connectivity index (χ2v) is 3.90. The fraction of sp³-hybridized carbons (Fsp3) is 0.250. The van der Waals surface area contributed by atoms with Crippen molar-refractivity contribution in [1.82, 2.24) is 19.9 Å². The Morgan fingerprint density at radius 3 is 2.94 bits per heavy atom. The molecule has 0 saturated heterocycles. The molecule has 0 saturated carbocycles. The summed E-state index contributed by atoms with van der Waals surface area (Å²) in [6.07, 6.45) is 5.81. The van der Waals surface area contributed by atoms with Crippen LogP contribution in [0.15, 0.2) is 30.7 Å². The Kier molecular flexibility index (Phi) is 3.57. The van der Waals surface area contributed by atoms with Crippen molar-refractivity contribution in [3.63, 3.8) is 0 Å². The Balaban J connectivity index is 1.90. The van der Waals surface area contributed by atoms with Crippen molar-refractivity contribution >= 4 is 11.6 Å². The molecule has 2 aromatic heterocycles. The summed E-state index contributed by atoms with van der Waals surface area (Å²) in [5.74, 6) is 0.659. The van der Waals surface area contributed by atoms with Crippen LogP contribution >= 0.6 is 0 Å². The summed E-state index contributed by atoms with van der Waals surface area (Å²) >= 11 is 0. The molecule has 18 heavy (non-hydrogen) atoms.